The molecule has 0 aliphatic heterocycles. The average molecular weight is 366 g/mol. The number of fused-ring (bicyclic) bond motifs is 2. The Bertz CT molecular complexity index is 1290. The van der Waals surface area contributed by atoms with Crippen molar-refractivity contribution < 1.29 is 9.21 Å². The van der Waals surface area contributed by atoms with Gasteiger partial charge in [0, 0.05) is 24.0 Å². The highest BCUT2D eigenvalue weighted by molar-refractivity contribution is 6.11. The van der Waals surface area contributed by atoms with E-state index >= 15 is 0 Å². The number of hydrogen-bond acceptors (Lipinski definition) is 5. The molecule has 2 aromatic carbocycles. The molecular formula is C22H14N4O2. The predicted molar refractivity (Wildman–Crippen MR) is 107 cm³/mol. The zero-order chi connectivity index (χ0) is 18.9. The first-order valence-corrected chi connectivity index (χ1v) is 8.75. The number of nitrogens with zero attached hydrogens (tertiary/aromatic N) is 3. The molecule has 0 fully saturated rings. The van der Waals surface area contributed by atoms with Crippen LogP contribution < -0.4 is 5.32 Å². The summed E-state index contributed by atoms with van der Waals surface area (Å²) in [6.07, 6.45) is 4.86. The number of nitrogens with one attached hydrogen (secondary N) is 1. The summed E-state index contributed by atoms with van der Waals surface area (Å²) >= 11 is 0. The summed E-state index contributed by atoms with van der Waals surface area (Å²) in [7, 11) is 0. The number of oxazole rings is 1. The first-order valence-electron chi connectivity index (χ1n) is 8.75. The Morgan fingerprint density at radius 3 is 2.75 bits per heavy atom. The Kier molecular flexibility index (Phi) is 3.80. The zero-order valence-electron chi connectivity index (χ0n) is 14.7. The molecule has 3 heterocycles. The van der Waals surface area contributed by atoms with Crippen molar-refractivity contribution in [2.45, 2.75) is 0 Å². The molecular weight excluding hydrogens is 352 g/mol. The summed E-state index contributed by atoms with van der Waals surface area (Å²) in [4.78, 5) is 26.0. The van der Waals surface area contributed by atoms with Crippen LogP contribution in [0.1, 0.15) is 10.4 Å². The van der Waals surface area contributed by atoms with E-state index in [9.17, 15) is 4.79 Å². The van der Waals surface area contributed by atoms with Gasteiger partial charge >= 0.3 is 0 Å². The lowest BCUT2D eigenvalue weighted by molar-refractivity contribution is 0.102. The van der Waals surface area contributed by atoms with Crippen LogP contribution in [0.25, 0.3) is 33.5 Å². The fourth-order valence-corrected chi connectivity index (χ4v) is 3.15. The first kappa shape index (κ1) is 16.1. The van der Waals surface area contributed by atoms with Gasteiger partial charge in [0.05, 0.1) is 22.3 Å². The molecule has 0 spiro atoms. The van der Waals surface area contributed by atoms with Crippen molar-refractivity contribution in [1.82, 2.24) is 15.0 Å². The lowest BCUT2D eigenvalue weighted by atomic mass is 10.1. The van der Waals surface area contributed by atoms with Crippen molar-refractivity contribution in [1.29, 1.82) is 0 Å². The zero-order valence-corrected chi connectivity index (χ0v) is 14.7. The van der Waals surface area contributed by atoms with Gasteiger partial charge in [-0.05, 0) is 30.3 Å². The number of anilines is 1. The number of benzene rings is 2. The van der Waals surface area contributed by atoms with E-state index in [-0.39, 0.29) is 5.91 Å². The smallest absolute Gasteiger partial charge is 0.256 e. The van der Waals surface area contributed by atoms with Crippen LogP contribution in [0.4, 0.5) is 5.69 Å². The third kappa shape index (κ3) is 2.77. The van der Waals surface area contributed by atoms with Crippen LogP contribution in [0.2, 0.25) is 0 Å². The summed E-state index contributed by atoms with van der Waals surface area (Å²) in [6.45, 7) is 0. The summed E-state index contributed by atoms with van der Waals surface area (Å²) in [5.41, 5.74) is 3.72. The summed E-state index contributed by atoms with van der Waals surface area (Å²) < 4.78 is 5.82. The summed E-state index contributed by atoms with van der Waals surface area (Å²) in [5.74, 6) is 0.0771. The number of rotatable bonds is 3. The lowest BCUT2D eigenvalue weighted by Gasteiger charge is -2.09. The Morgan fingerprint density at radius 1 is 0.929 bits per heavy atom. The molecule has 0 saturated heterocycles. The number of amides is 1. The minimum absolute atomic E-state index is 0.280. The fraction of sp³-hybridized carbons (Fsp3) is 0. The minimum atomic E-state index is -0.280. The van der Waals surface area contributed by atoms with Gasteiger partial charge in [-0.1, -0.05) is 30.3 Å². The van der Waals surface area contributed by atoms with Gasteiger partial charge in [-0.3, -0.25) is 14.8 Å². The van der Waals surface area contributed by atoms with Crippen molar-refractivity contribution in [2.75, 3.05) is 5.32 Å². The molecule has 1 N–H and O–H groups in total. The van der Waals surface area contributed by atoms with Crippen LogP contribution in [-0.2, 0) is 0 Å². The minimum Gasteiger partial charge on any atom is -0.436 e. The number of hydrogen-bond donors (Lipinski definition) is 1. The summed E-state index contributed by atoms with van der Waals surface area (Å²) in [5, 5.41) is 3.90. The van der Waals surface area contributed by atoms with Crippen LogP contribution in [-0.4, -0.2) is 20.9 Å². The summed E-state index contributed by atoms with van der Waals surface area (Å²) in [6, 6.07) is 18.6. The van der Waals surface area contributed by atoms with Crippen LogP contribution in [0.3, 0.4) is 0 Å². The molecule has 1 amide bonds. The Labute approximate surface area is 159 Å². The molecule has 0 saturated carbocycles. The fourth-order valence-electron chi connectivity index (χ4n) is 3.15. The largest absolute Gasteiger partial charge is 0.436 e. The third-order valence-electron chi connectivity index (χ3n) is 4.47. The van der Waals surface area contributed by atoms with E-state index in [1.165, 1.54) is 0 Å². The molecule has 0 aliphatic rings. The molecule has 6 heteroatoms. The molecule has 5 aromatic rings. The van der Waals surface area contributed by atoms with E-state index in [0.717, 1.165) is 16.4 Å². The van der Waals surface area contributed by atoms with Crippen molar-refractivity contribution >= 4 is 33.6 Å². The maximum absolute atomic E-state index is 13.0. The Balaban J connectivity index is 1.55. The Morgan fingerprint density at radius 2 is 1.82 bits per heavy atom. The van der Waals surface area contributed by atoms with E-state index in [1.54, 1.807) is 24.7 Å². The first-order chi connectivity index (χ1) is 13.8. The molecule has 0 aliphatic carbocycles. The van der Waals surface area contributed by atoms with Crippen LogP contribution in [0.5, 0.6) is 0 Å². The van der Waals surface area contributed by atoms with Gasteiger partial charge < -0.3 is 9.73 Å². The number of para-hydroxylation sites is 3. The third-order valence-corrected chi connectivity index (χ3v) is 4.47. The molecule has 0 atom stereocenters. The molecule has 0 unspecified atom stereocenters. The van der Waals surface area contributed by atoms with Crippen molar-refractivity contribution in [2.24, 2.45) is 0 Å². The van der Waals surface area contributed by atoms with Crippen LogP contribution in [0.15, 0.2) is 83.7 Å². The molecule has 5 rings (SSSR count). The van der Waals surface area contributed by atoms with Gasteiger partial charge in [0.25, 0.3) is 5.91 Å². The highest BCUT2D eigenvalue weighted by atomic mass is 16.3. The quantitative estimate of drug-likeness (QED) is 0.501. The van der Waals surface area contributed by atoms with E-state index in [2.05, 4.69) is 20.3 Å². The van der Waals surface area contributed by atoms with Gasteiger partial charge in [-0.15, -0.1) is 0 Å². The standard InChI is InChI=1S/C22H14N4O2/c27-21(25-18-8-3-5-14-6-4-11-24-20(14)18)15-10-12-23-13-16(15)22-26-17-7-1-2-9-19(17)28-22/h1-13H,(H,25,27). The molecule has 28 heavy (non-hydrogen) atoms. The molecule has 3 aromatic heterocycles. The molecule has 134 valence electrons. The van der Waals surface area contributed by atoms with Crippen molar-refractivity contribution in [3.05, 3.63) is 84.8 Å². The second-order valence-electron chi connectivity index (χ2n) is 6.24. The molecule has 6 nitrogen and oxygen atoms in total. The predicted octanol–water partition coefficient (Wildman–Crippen LogP) is 4.69. The van der Waals surface area contributed by atoms with Crippen LogP contribution >= 0.6 is 0 Å². The average Bonchev–Trinajstić information content (AvgIpc) is 3.18. The van der Waals surface area contributed by atoms with Gasteiger partial charge in [-0.25, -0.2) is 4.98 Å². The molecule has 0 bridgehead atoms. The highest BCUT2D eigenvalue weighted by Gasteiger charge is 2.18. The van der Waals surface area contributed by atoms with E-state index in [1.807, 2.05) is 54.6 Å². The monoisotopic (exact) mass is 366 g/mol. The van der Waals surface area contributed by atoms with Gasteiger partial charge in [0.15, 0.2) is 5.58 Å². The van der Waals surface area contributed by atoms with Crippen LogP contribution in [0, 0.1) is 0 Å². The molecule has 0 radical (unpaired) electrons. The number of pyridine rings is 2. The van der Waals surface area contributed by atoms with Crippen molar-refractivity contribution in [3.8, 4) is 11.5 Å². The normalized spacial score (nSPS) is 11.0. The number of aromatic nitrogens is 3. The number of carbonyl (C=O) groups excluding carboxylic acids is 1. The van der Waals surface area contributed by atoms with Gasteiger partial charge in [-0.2, -0.15) is 0 Å². The lowest BCUT2D eigenvalue weighted by Crippen LogP contribution is -2.14. The topological polar surface area (TPSA) is 80.9 Å². The number of carbonyl (C=O) groups is 1. The highest BCUT2D eigenvalue weighted by Crippen LogP contribution is 2.28. The van der Waals surface area contributed by atoms with E-state index in [4.69, 9.17) is 4.42 Å². The second-order valence-corrected chi connectivity index (χ2v) is 6.24. The van der Waals surface area contributed by atoms with Crippen molar-refractivity contribution in [3.63, 3.8) is 0 Å². The van der Waals surface area contributed by atoms with E-state index in [0.29, 0.717) is 28.3 Å². The maximum Gasteiger partial charge on any atom is 0.256 e. The van der Waals surface area contributed by atoms with E-state index < -0.39 is 0 Å². The Hall–Kier alpha value is -4.06. The second kappa shape index (κ2) is 6.59. The SMILES string of the molecule is O=C(Nc1cccc2cccnc12)c1ccncc1-c1nc2ccccc2o1. The van der Waals surface area contributed by atoms with Gasteiger partial charge in [0.1, 0.15) is 5.52 Å². The maximum atomic E-state index is 13.0. The van der Waals surface area contributed by atoms with Gasteiger partial charge in [0.2, 0.25) is 5.89 Å².